The van der Waals surface area contributed by atoms with Crippen molar-refractivity contribution in [2.24, 2.45) is 5.73 Å². The Kier molecular flexibility index (Phi) is 5.32. The molecule has 1 atom stereocenters. The van der Waals surface area contributed by atoms with Crippen molar-refractivity contribution >= 4 is 17.6 Å². The number of aryl methyl sites for hydroxylation is 1. The molecule has 6 heteroatoms. The molecule has 104 valence electrons. The number of nitrogens with one attached hydrogen (secondary N) is 2. The summed E-state index contributed by atoms with van der Waals surface area (Å²) >= 11 is 0. The fourth-order valence-electron chi connectivity index (χ4n) is 1.65. The average molecular weight is 265 g/mol. The summed E-state index contributed by atoms with van der Waals surface area (Å²) in [5, 5.41) is 5.34. The van der Waals surface area contributed by atoms with E-state index in [0.29, 0.717) is 17.9 Å². The first-order valence-electron chi connectivity index (χ1n) is 5.91. The van der Waals surface area contributed by atoms with Crippen molar-refractivity contribution in [3.05, 3.63) is 29.3 Å². The number of carbonyl (C=O) groups is 2. The molecule has 6 nitrogen and oxygen atoms in total. The van der Waals surface area contributed by atoms with Crippen LogP contribution in [0.4, 0.5) is 10.5 Å². The lowest BCUT2D eigenvalue weighted by molar-refractivity contribution is 0.0999. The number of nitrogens with two attached hydrogens (primary N) is 1. The van der Waals surface area contributed by atoms with Gasteiger partial charge in [-0.3, -0.25) is 4.79 Å². The molecular formula is C13H19N3O3. The molecular weight excluding hydrogens is 246 g/mol. The quantitative estimate of drug-likeness (QED) is 0.748. The fraction of sp³-hybridized carbons (Fsp3) is 0.385. The van der Waals surface area contributed by atoms with Crippen molar-refractivity contribution in [1.29, 1.82) is 0 Å². The van der Waals surface area contributed by atoms with Crippen LogP contribution in [0, 0.1) is 6.92 Å². The van der Waals surface area contributed by atoms with Gasteiger partial charge in [-0.25, -0.2) is 4.79 Å². The highest BCUT2D eigenvalue weighted by atomic mass is 16.5. The van der Waals surface area contributed by atoms with Crippen LogP contribution < -0.4 is 16.4 Å². The summed E-state index contributed by atoms with van der Waals surface area (Å²) in [6.07, 6.45) is 0. The Morgan fingerprint density at radius 3 is 2.68 bits per heavy atom. The summed E-state index contributed by atoms with van der Waals surface area (Å²) in [5.74, 6) is -0.519. The second-order valence-corrected chi connectivity index (χ2v) is 4.35. The smallest absolute Gasteiger partial charge is 0.319 e. The molecule has 19 heavy (non-hydrogen) atoms. The predicted octanol–water partition coefficient (Wildman–Crippen LogP) is 1.25. The number of primary amides is 1. The molecule has 1 aromatic rings. The normalized spacial score (nSPS) is 11.7. The van der Waals surface area contributed by atoms with E-state index in [1.807, 2.05) is 6.92 Å². The van der Waals surface area contributed by atoms with Gasteiger partial charge in [0.2, 0.25) is 5.91 Å². The van der Waals surface area contributed by atoms with Crippen LogP contribution in [0.1, 0.15) is 22.8 Å². The number of ether oxygens (including phenoxy) is 1. The van der Waals surface area contributed by atoms with Crippen molar-refractivity contribution < 1.29 is 14.3 Å². The van der Waals surface area contributed by atoms with Gasteiger partial charge in [-0.05, 0) is 31.5 Å². The van der Waals surface area contributed by atoms with Gasteiger partial charge in [0, 0.05) is 18.4 Å². The van der Waals surface area contributed by atoms with Gasteiger partial charge >= 0.3 is 6.03 Å². The first kappa shape index (κ1) is 15.0. The molecule has 1 unspecified atom stereocenters. The highest BCUT2D eigenvalue weighted by molar-refractivity contribution is 5.97. The zero-order valence-electron chi connectivity index (χ0n) is 11.3. The molecule has 0 radical (unpaired) electrons. The summed E-state index contributed by atoms with van der Waals surface area (Å²) in [6, 6.07) is 4.53. The van der Waals surface area contributed by atoms with E-state index >= 15 is 0 Å². The number of benzene rings is 1. The molecule has 0 bridgehead atoms. The number of hydrogen-bond acceptors (Lipinski definition) is 3. The number of anilines is 1. The molecule has 1 rings (SSSR count). The van der Waals surface area contributed by atoms with E-state index in [4.69, 9.17) is 10.5 Å². The highest BCUT2D eigenvalue weighted by Crippen LogP contribution is 2.14. The van der Waals surface area contributed by atoms with Crippen LogP contribution in [0.15, 0.2) is 18.2 Å². The third-order valence-electron chi connectivity index (χ3n) is 2.56. The van der Waals surface area contributed by atoms with E-state index in [1.54, 1.807) is 32.2 Å². The molecule has 0 heterocycles. The zero-order valence-corrected chi connectivity index (χ0v) is 11.3. The Morgan fingerprint density at radius 2 is 2.11 bits per heavy atom. The second kappa shape index (κ2) is 6.75. The fourth-order valence-corrected chi connectivity index (χ4v) is 1.65. The largest absolute Gasteiger partial charge is 0.383 e. The van der Waals surface area contributed by atoms with Gasteiger partial charge in [-0.15, -0.1) is 0 Å². The molecule has 0 spiro atoms. The van der Waals surface area contributed by atoms with Crippen LogP contribution in [0.3, 0.4) is 0 Å². The Labute approximate surface area is 112 Å². The molecule has 0 aliphatic heterocycles. The maximum absolute atomic E-state index is 11.7. The molecule has 0 fully saturated rings. The van der Waals surface area contributed by atoms with E-state index in [0.717, 1.165) is 5.56 Å². The SMILES string of the molecule is COCC(C)NC(=O)Nc1ccc(C)c(C(N)=O)c1. The number of carbonyl (C=O) groups excluding carboxylic acids is 2. The molecule has 3 amide bonds. The van der Waals surface area contributed by atoms with Gasteiger partial charge in [-0.2, -0.15) is 0 Å². The standard InChI is InChI=1S/C13H19N3O3/c1-8-4-5-10(6-11(8)12(14)17)16-13(18)15-9(2)7-19-3/h4-6,9H,7H2,1-3H3,(H2,14,17)(H2,15,16,18). The molecule has 4 N–H and O–H groups in total. The maximum atomic E-state index is 11.7. The lowest BCUT2D eigenvalue weighted by atomic mass is 10.1. The minimum absolute atomic E-state index is 0.106. The van der Waals surface area contributed by atoms with Crippen LogP contribution in [0.5, 0.6) is 0 Å². The summed E-state index contributed by atoms with van der Waals surface area (Å²) in [6.45, 7) is 4.03. The van der Waals surface area contributed by atoms with E-state index in [-0.39, 0.29) is 12.1 Å². The number of rotatable bonds is 5. The van der Waals surface area contributed by atoms with Gasteiger partial charge in [0.05, 0.1) is 12.6 Å². The topological polar surface area (TPSA) is 93.4 Å². The molecule has 0 saturated carbocycles. The van der Waals surface area contributed by atoms with Gasteiger partial charge < -0.3 is 21.1 Å². The first-order chi connectivity index (χ1) is 8.93. The number of amides is 3. The van der Waals surface area contributed by atoms with Crippen LogP contribution >= 0.6 is 0 Å². The lowest BCUT2D eigenvalue weighted by Gasteiger charge is -2.14. The third kappa shape index (κ3) is 4.59. The molecule has 0 aliphatic carbocycles. The van der Waals surface area contributed by atoms with Gasteiger partial charge in [0.15, 0.2) is 0 Å². The Hall–Kier alpha value is -2.08. The van der Waals surface area contributed by atoms with E-state index in [2.05, 4.69) is 10.6 Å². The minimum Gasteiger partial charge on any atom is -0.383 e. The summed E-state index contributed by atoms with van der Waals surface area (Å²) in [4.78, 5) is 22.9. The van der Waals surface area contributed by atoms with Crippen molar-refractivity contribution in [3.63, 3.8) is 0 Å². The van der Waals surface area contributed by atoms with E-state index in [9.17, 15) is 9.59 Å². The number of methoxy groups -OCH3 is 1. The minimum atomic E-state index is -0.519. The Balaban J connectivity index is 2.69. The monoisotopic (exact) mass is 265 g/mol. The average Bonchev–Trinajstić information content (AvgIpc) is 2.31. The first-order valence-corrected chi connectivity index (χ1v) is 5.91. The zero-order chi connectivity index (χ0) is 14.4. The van der Waals surface area contributed by atoms with Crippen LogP contribution in [0.25, 0.3) is 0 Å². The molecule has 0 aromatic heterocycles. The molecule has 1 aromatic carbocycles. The summed E-state index contributed by atoms with van der Waals surface area (Å²) < 4.78 is 4.92. The Bertz CT molecular complexity index is 474. The van der Waals surface area contributed by atoms with Crippen molar-refractivity contribution in [2.75, 3.05) is 19.0 Å². The summed E-state index contributed by atoms with van der Waals surface area (Å²) in [5.41, 5.74) is 6.93. The maximum Gasteiger partial charge on any atom is 0.319 e. The van der Waals surface area contributed by atoms with Crippen molar-refractivity contribution in [3.8, 4) is 0 Å². The van der Waals surface area contributed by atoms with Gasteiger partial charge in [0.1, 0.15) is 0 Å². The van der Waals surface area contributed by atoms with Crippen LogP contribution in [-0.2, 0) is 4.74 Å². The third-order valence-corrected chi connectivity index (χ3v) is 2.56. The number of urea groups is 1. The second-order valence-electron chi connectivity index (χ2n) is 4.35. The summed E-state index contributed by atoms with van der Waals surface area (Å²) in [7, 11) is 1.56. The van der Waals surface area contributed by atoms with E-state index in [1.165, 1.54) is 0 Å². The predicted molar refractivity (Wildman–Crippen MR) is 73.2 cm³/mol. The lowest BCUT2D eigenvalue weighted by Crippen LogP contribution is -2.38. The van der Waals surface area contributed by atoms with Crippen molar-refractivity contribution in [1.82, 2.24) is 5.32 Å². The molecule has 0 aliphatic rings. The molecule has 0 saturated heterocycles. The van der Waals surface area contributed by atoms with Gasteiger partial charge in [-0.1, -0.05) is 6.07 Å². The van der Waals surface area contributed by atoms with E-state index < -0.39 is 5.91 Å². The number of hydrogen-bond donors (Lipinski definition) is 3. The van der Waals surface area contributed by atoms with Crippen molar-refractivity contribution in [2.45, 2.75) is 19.9 Å². The van der Waals surface area contributed by atoms with Crippen LogP contribution in [-0.4, -0.2) is 31.7 Å². The van der Waals surface area contributed by atoms with Gasteiger partial charge in [0.25, 0.3) is 0 Å². The Morgan fingerprint density at radius 1 is 1.42 bits per heavy atom. The highest BCUT2D eigenvalue weighted by Gasteiger charge is 2.09. The van der Waals surface area contributed by atoms with Crippen LogP contribution in [0.2, 0.25) is 0 Å².